The van der Waals surface area contributed by atoms with Crippen LogP contribution in [0.4, 0.5) is 0 Å². The first-order chi connectivity index (χ1) is 5.57. The van der Waals surface area contributed by atoms with Crippen molar-refractivity contribution in [3.8, 4) is 0 Å². The van der Waals surface area contributed by atoms with Crippen LogP contribution in [-0.4, -0.2) is 12.7 Å². The first kappa shape index (κ1) is 8.55. The summed E-state index contributed by atoms with van der Waals surface area (Å²) in [6.45, 7) is 8.10. The molecule has 0 aromatic rings. The summed E-state index contributed by atoms with van der Waals surface area (Å²) >= 11 is 0. The summed E-state index contributed by atoms with van der Waals surface area (Å²) in [5, 5.41) is 0. The van der Waals surface area contributed by atoms with E-state index in [1.165, 1.54) is 19.3 Å². The third-order valence-corrected chi connectivity index (χ3v) is 3.68. The first-order valence-electron chi connectivity index (χ1n) is 5.19. The minimum Gasteiger partial charge on any atom is -0.378 e. The van der Waals surface area contributed by atoms with Crippen molar-refractivity contribution in [2.45, 2.75) is 46.1 Å². The monoisotopic (exact) mass is 168 g/mol. The van der Waals surface area contributed by atoms with Crippen molar-refractivity contribution in [2.75, 3.05) is 6.61 Å². The fourth-order valence-corrected chi connectivity index (χ4v) is 2.67. The first-order valence-corrected chi connectivity index (χ1v) is 5.19. The Morgan fingerprint density at radius 1 is 1.17 bits per heavy atom. The number of fused-ring (bicyclic) bond motifs is 1. The maximum Gasteiger partial charge on any atom is 0.0607 e. The van der Waals surface area contributed by atoms with E-state index >= 15 is 0 Å². The lowest BCUT2D eigenvalue weighted by Gasteiger charge is -2.27. The van der Waals surface area contributed by atoms with Gasteiger partial charge in [0.25, 0.3) is 0 Å². The summed E-state index contributed by atoms with van der Waals surface area (Å²) in [4.78, 5) is 0. The second-order valence-corrected chi connectivity index (χ2v) is 5.49. The van der Waals surface area contributed by atoms with Crippen molar-refractivity contribution in [2.24, 2.45) is 17.3 Å². The van der Waals surface area contributed by atoms with Gasteiger partial charge in [-0.2, -0.15) is 0 Å². The maximum absolute atomic E-state index is 5.70. The highest BCUT2D eigenvalue weighted by Gasteiger charge is 2.42. The Bertz CT molecular complexity index is 156. The Kier molecular flexibility index (Phi) is 1.95. The lowest BCUT2D eigenvalue weighted by atomic mass is 9.79. The van der Waals surface area contributed by atoms with E-state index in [4.69, 9.17) is 4.74 Å². The molecular weight excluding hydrogens is 148 g/mol. The van der Waals surface area contributed by atoms with Gasteiger partial charge in [-0.05, 0) is 36.5 Å². The molecule has 3 atom stereocenters. The molecule has 2 fully saturated rings. The van der Waals surface area contributed by atoms with E-state index in [2.05, 4.69) is 20.8 Å². The van der Waals surface area contributed by atoms with Gasteiger partial charge in [0.05, 0.1) is 6.10 Å². The summed E-state index contributed by atoms with van der Waals surface area (Å²) < 4.78 is 5.70. The van der Waals surface area contributed by atoms with Gasteiger partial charge in [-0.3, -0.25) is 0 Å². The molecule has 1 heteroatoms. The molecular formula is C11H20O. The molecule has 1 nitrogen and oxygen atoms in total. The Morgan fingerprint density at radius 3 is 2.50 bits per heavy atom. The molecule has 0 aromatic carbocycles. The molecule has 1 saturated heterocycles. The second kappa shape index (κ2) is 2.73. The summed E-state index contributed by atoms with van der Waals surface area (Å²) in [6.07, 6.45) is 4.66. The Hall–Kier alpha value is -0.0400. The average molecular weight is 168 g/mol. The van der Waals surface area contributed by atoms with Gasteiger partial charge < -0.3 is 4.74 Å². The van der Waals surface area contributed by atoms with Gasteiger partial charge in [0.15, 0.2) is 0 Å². The van der Waals surface area contributed by atoms with E-state index < -0.39 is 0 Å². The molecule has 70 valence electrons. The van der Waals surface area contributed by atoms with Crippen LogP contribution in [0.25, 0.3) is 0 Å². The molecule has 0 radical (unpaired) electrons. The minimum absolute atomic E-state index is 0.494. The van der Waals surface area contributed by atoms with Crippen molar-refractivity contribution in [1.29, 1.82) is 0 Å². The average Bonchev–Trinajstić information content (AvgIpc) is 2.37. The number of rotatable bonds is 0. The van der Waals surface area contributed by atoms with Gasteiger partial charge in [0.1, 0.15) is 0 Å². The fourth-order valence-electron chi connectivity index (χ4n) is 2.67. The van der Waals surface area contributed by atoms with Crippen molar-refractivity contribution in [1.82, 2.24) is 0 Å². The van der Waals surface area contributed by atoms with Crippen LogP contribution in [0.15, 0.2) is 0 Å². The zero-order valence-corrected chi connectivity index (χ0v) is 8.47. The molecule has 1 heterocycles. The molecule has 0 N–H and O–H groups in total. The molecule has 0 aromatic heterocycles. The van der Waals surface area contributed by atoms with Crippen LogP contribution >= 0.6 is 0 Å². The summed E-state index contributed by atoms with van der Waals surface area (Å²) in [6, 6.07) is 0. The fraction of sp³-hybridized carbons (Fsp3) is 1.00. The molecule has 3 unspecified atom stereocenters. The lowest BCUT2D eigenvalue weighted by molar-refractivity contribution is 0.0893. The molecule has 2 aliphatic rings. The third-order valence-electron chi connectivity index (χ3n) is 3.68. The van der Waals surface area contributed by atoms with Crippen LogP contribution in [0, 0.1) is 17.3 Å². The van der Waals surface area contributed by atoms with Gasteiger partial charge in [-0.25, -0.2) is 0 Å². The normalized spacial score (nSPS) is 41.8. The number of hydrogen-bond acceptors (Lipinski definition) is 1. The van der Waals surface area contributed by atoms with Gasteiger partial charge in [0, 0.05) is 6.61 Å². The highest BCUT2D eigenvalue weighted by atomic mass is 16.5. The Labute approximate surface area is 75.5 Å². The van der Waals surface area contributed by atoms with Gasteiger partial charge >= 0.3 is 0 Å². The molecule has 0 bridgehead atoms. The molecule has 1 aliphatic heterocycles. The highest BCUT2D eigenvalue weighted by Crippen LogP contribution is 2.46. The molecule has 1 aliphatic carbocycles. The Morgan fingerprint density at radius 2 is 1.92 bits per heavy atom. The van der Waals surface area contributed by atoms with E-state index in [1.807, 2.05) is 0 Å². The van der Waals surface area contributed by atoms with Gasteiger partial charge in [-0.15, -0.1) is 0 Å². The zero-order valence-electron chi connectivity index (χ0n) is 8.47. The Balaban J connectivity index is 1.99. The van der Waals surface area contributed by atoms with Crippen LogP contribution in [0.3, 0.4) is 0 Å². The van der Waals surface area contributed by atoms with E-state index in [1.54, 1.807) is 0 Å². The second-order valence-electron chi connectivity index (χ2n) is 5.49. The zero-order chi connectivity index (χ0) is 8.77. The predicted molar refractivity (Wildman–Crippen MR) is 50.0 cm³/mol. The van der Waals surface area contributed by atoms with Crippen molar-refractivity contribution in [3.63, 3.8) is 0 Å². The summed E-state index contributed by atoms with van der Waals surface area (Å²) in [7, 11) is 0. The van der Waals surface area contributed by atoms with Crippen molar-refractivity contribution < 1.29 is 4.74 Å². The summed E-state index contributed by atoms with van der Waals surface area (Å²) in [5.41, 5.74) is 0.494. The van der Waals surface area contributed by atoms with Crippen molar-refractivity contribution in [3.05, 3.63) is 0 Å². The molecule has 0 amide bonds. The predicted octanol–water partition coefficient (Wildman–Crippen LogP) is 2.85. The van der Waals surface area contributed by atoms with Crippen LogP contribution < -0.4 is 0 Å². The number of hydrogen-bond donors (Lipinski definition) is 0. The van der Waals surface area contributed by atoms with Crippen molar-refractivity contribution >= 4 is 0 Å². The van der Waals surface area contributed by atoms with Crippen LogP contribution in [0.1, 0.15) is 40.0 Å². The highest BCUT2D eigenvalue weighted by molar-refractivity contribution is 4.92. The lowest BCUT2D eigenvalue weighted by Crippen LogP contribution is -2.18. The number of ether oxygens (including phenoxy) is 1. The van der Waals surface area contributed by atoms with E-state index in [0.717, 1.165) is 18.4 Å². The molecule has 1 saturated carbocycles. The molecule has 12 heavy (non-hydrogen) atoms. The minimum atomic E-state index is 0.494. The largest absolute Gasteiger partial charge is 0.378 e. The van der Waals surface area contributed by atoms with Crippen LogP contribution in [-0.2, 0) is 4.74 Å². The third kappa shape index (κ3) is 1.39. The topological polar surface area (TPSA) is 9.23 Å². The van der Waals surface area contributed by atoms with Gasteiger partial charge in [-0.1, -0.05) is 20.8 Å². The standard InChI is InChI=1S/C11H20O/c1-11(2,3)9-6-8-4-5-12-10(8)7-9/h8-10H,4-7H2,1-3H3. The SMILES string of the molecule is CC(C)(C)C1CC2CCOC2C1. The van der Waals surface area contributed by atoms with E-state index in [0.29, 0.717) is 11.5 Å². The van der Waals surface area contributed by atoms with E-state index in [9.17, 15) is 0 Å². The van der Waals surface area contributed by atoms with Gasteiger partial charge in [0.2, 0.25) is 0 Å². The van der Waals surface area contributed by atoms with Crippen LogP contribution in [0.5, 0.6) is 0 Å². The van der Waals surface area contributed by atoms with E-state index in [-0.39, 0.29) is 0 Å². The molecule has 0 spiro atoms. The maximum atomic E-state index is 5.70. The quantitative estimate of drug-likeness (QED) is 0.540. The smallest absolute Gasteiger partial charge is 0.0607 e. The summed E-state index contributed by atoms with van der Waals surface area (Å²) in [5.74, 6) is 1.79. The van der Waals surface area contributed by atoms with Crippen LogP contribution in [0.2, 0.25) is 0 Å². The molecule has 2 rings (SSSR count).